The fourth-order valence-corrected chi connectivity index (χ4v) is 2.08. The summed E-state index contributed by atoms with van der Waals surface area (Å²) < 4.78 is 6.57. The van der Waals surface area contributed by atoms with Crippen LogP contribution < -0.4 is 5.32 Å². The van der Waals surface area contributed by atoms with Crippen molar-refractivity contribution in [2.24, 2.45) is 0 Å². The molecule has 18 heavy (non-hydrogen) atoms. The lowest BCUT2D eigenvalue weighted by atomic mass is 9.93. The van der Waals surface area contributed by atoms with Crippen LogP contribution in [-0.4, -0.2) is 29.6 Å². The molecule has 0 saturated heterocycles. The van der Waals surface area contributed by atoms with Crippen LogP contribution in [0.1, 0.15) is 42.7 Å². The van der Waals surface area contributed by atoms with Crippen molar-refractivity contribution < 1.29 is 14.3 Å². The molecule has 5 heteroatoms. The van der Waals surface area contributed by atoms with Gasteiger partial charge in [0.25, 0.3) is 5.91 Å². The first-order valence-corrected chi connectivity index (χ1v) is 6.19. The molecule has 1 amide bonds. The van der Waals surface area contributed by atoms with Gasteiger partial charge < -0.3 is 14.6 Å². The molecule has 98 valence electrons. The van der Waals surface area contributed by atoms with Gasteiger partial charge in [0, 0.05) is 12.2 Å². The van der Waals surface area contributed by atoms with Crippen molar-refractivity contribution in [1.82, 2.24) is 9.88 Å². The highest BCUT2D eigenvalue weighted by Gasteiger charge is 2.24. The standard InChI is InChI=1S/C13H18N2O3/c1-9(13(17)18-2)14-12(16)11-7-4-8-15(11)10-5-3-6-10/h4,7-10H,3,5-6H2,1-2H3,(H,14,16)/t9-/m1/s1. The maximum Gasteiger partial charge on any atom is 0.328 e. The average molecular weight is 250 g/mol. The van der Waals surface area contributed by atoms with Crippen molar-refractivity contribution in [2.45, 2.75) is 38.3 Å². The number of nitrogens with zero attached hydrogens (tertiary/aromatic N) is 1. The molecule has 1 aliphatic carbocycles. The van der Waals surface area contributed by atoms with E-state index in [9.17, 15) is 9.59 Å². The summed E-state index contributed by atoms with van der Waals surface area (Å²) in [7, 11) is 1.31. The number of hydrogen-bond donors (Lipinski definition) is 1. The SMILES string of the molecule is COC(=O)[C@@H](C)NC(=O)c1cccn1C1CCC1. The van der Waals surface area contributed by atoms with E-state index in [1.165, 1.54) is 13.5 Å². The zero-order valence-corrected chi connectivity index (χ0v) is 10.7. The van der Waals surface area contributed by atoms with Crippen LogP contribution in [0.2, 0.25) is 0 Å². The predicted molar refractivity (Wildman–Crippen MR) is 66.3 cm³/mol. The van der Waals surface area contributed by atoms with E-state index in [2.05, 4.69) is 10.1 Å². The van der Waals surface area contributed by atoms with Crippen LogP contribution in [0.25, 0.3) is 0 Å². The van der Waals surface area contributed by atoms with E-state index >= 15 is 0 Å². The second-order valence-corrected chi connectivity index (χ2v) is 4.60. The molecule has 1 atom stereocenters. The number of carbonyl (C=O) groups is 2. The molecule has 2 rings (SSSR count). The average Bonchev–Trinajstić information content (AvgIpc) is 2.74. The molecule has 0 aliphatic heterocycles. The molecule has 1 N–H and O–H groups in total. The molecule has 0 unspecified atom stereocenters. The number of esters is 1. The molecule has 0 bridgehead atoms. The maximum absolute atomic E-state index is 12.1. The molecule has 1 saturated carbocycles. The molecule has 1 aromatic rings. The van der Waals surface area contributed by atoms with Crippen LogP contribution in [0.3, 0.4) is 0 Å². The van der Waals surface area contributed by atoms with Gasteiger partial charge in [-0.15, -0.1) is 0 Å². The van der Waals surface area contributed by atoms with Crippen LogP contribution >= 0.6 is 0 Å². The Morgan fingerprint density at radius 1 is 1.50 bits per heavy atom. The summed E-state index contributed by atoms with van der Waals surface area (Å²) in [6.07, 6.45) is 5.35. The Hall–Kier alpha value is -1.78. The third-order valence-corrected chi connectivity index (χ3v) is 3.38. The van der Waals surface area contributed by atoms with Gasteiger partial charge in [0.15, 0.2) is 0 Å². The topological polar surface area (TPSA) is 60.3 Å². The van der Waals surface area contributed by atoms with Crippen molar-refractivity contribution >= 4 is 11.9 Å². The van der Waals surface area contributed by atoms with Crippen LogP contribution in [0.5, 0.6) is 0 Å². The van der Waals surface area contributed by atoms with E-state index in [0.29, 0.717) is 11.7 Å². The summed E-state index contributed by atoms with van der Waals surface area (Å²) in [5.41, 5.74) is 0.607. The fraction of sp³-hybridized carbons (Fsp3) is 0.538. The number of amides is 1. The lowest BCUT2D eigenvalue weighted by molar-refractivity contribution is -0.142. The van der Waals surface area contributed by atoms with Gasteiger partial charge in [0.2, 0.25) is 0 Å². The van der Waals surface area contributed by atoms with Gasteiger partial charge in [-0.2, -0.15) is 0 Å². The van der Waals surface area contributed by atoms with Crippen molar-refractivity contribution in [1.29, 1.82) is 0 Å². The predicted octanol–water partition coefficient (Wildman–Crippen LogP) is 1.50. The van der Waals surface area contributed by atoms with Crippen molar-refractivity contribution in [3.63, 3.8) is 0 Å². The first-order valence-electron chi connectivity index (χ1n) is 6.19. The van der Waals surface area contributed by atoms with E-state index in [4.69, 9.17) is 0 Å². The number of aromatic nitrogens is 1. The third-order valence-electron chi connectivity index (χ3n) is 3.38. The molecule has 1 heterocycles. The number of nitrogens with one attached hydrogen (secondary N) is 1. The minimum atomic E-state index is -0.632. The van der Waals surface area contributed by atoms with E-state index in [1.807, 2.05) is 16.8 Å². The summed E-state index contributed by atoms with van der Waals surface area (Å²) in [6.45, 7) is 1.61. The molecule has 5 nitrogen and oxygen atoms in total. The first-order chi connectivity index (χ1) is 8.63. The molecule has 1 aliphatic rings. The largest absolute Gasteiger partial charge is 0.467 e. The van der Waals surface area contributed by atoms with Crippen molar-refractivity contribution in [3.05, 3.63) is 24.0 Å². The van der Waals surface area contributed by atoms with Gasteiger partial charge in [0.1, 0.15) is 11.7 Å². The zero-order chi connectivity index (χ0) is 13.1. The Morgan fingerprint density at radius 3 is 2.78 bits per heavy atom. The Balaban J connectivity index is 2.04. The normalized spacial score (nSPS) is 16.8. The molecule has 0 radical (unpaired) electrons. The van der Waals surface area contributed by atoms with Gasteiger partial charge in [-0.25, -0.2) is 4.79 Å². The van der Waals surface area contributed by atoms with Crippen molar-refractivity contribution in [3.8, 4) is 0 Å². The second-order valence-electron chi connectivity index (χ2n) is 4.60. The van der Waals surface area contributed by atoms with E-state index in [1.54, 1.807) is 13.0 Å². The summed E-state index contributed by atoms with van der Waals surface area (Å²) in [5, 5.41) is 2.64. The molecule has 0 aromatic carbocycles. The number of rotatable bonds is 4. The van der Waals surface area contributed by atoms with E-state index < -0.39 is 12.0 Å². The highest BCUT2D eigenvalue weighted by atomic mass is 16.5. The highest BCUT2D eigenvalue weighted by molar-refractivity contribution is 5.95. The molecule has 0 spiro atoms. The smallest absolute Gasteiger partial charge is 0.328 e. The van der Waals surface area contributed by atoms with Gasteiger partial charge >= 0.3 is 5.97 Å². The molecule has 1 aromatic heterocycles. The van der Waals surface area contributed by atoms with E-state index in [-0.39, 0.29) is 5.91 Å². The second kappa shape index (κ2) is 5.25. The molecule has 1 fully saturated rings. The van der Waals surface area contributed by atoms with Crippen molar-refractivity contribution in [2.75, 3.05) is 7.11 Å². The number of methoxy groups -OCH3 is 1. The minimum absolute atomic E-state index is 0.232. The maximum atomic E-state index is 12.1. The van der Waals surface area contributed by atoms with Gasteiger partial charge in [-0.3, -0.25) is 4.79 Å². The Bertz CT molecular complexity index is 449. The summed E-state index contributed by atoms with van der Waals surface area (Å²) >= 11 is 0. The zero-order valence-electron chi connectivity index (χ0n) is 10.7. The van der Waals surface area contributed by atoms with Gasteiger partial charge in [-0.1, -0.05) is 0 Å². The summed E-state index contributed by atoms with van der Waals surface area (Å²) in [4.78, 5) is 23.3. The molecular formula is C13H18N2O3. The first kappa shape index (κ1) is 12.7. The Kier molecular flexibility index (Phi) is 3.69. The molecular weight excluding hydrogens is 232 g/mol. The lowest BCUT2D eigenvalue weighted by Gasteiger charge is -2.28. The van der Waals surface area contributed by atoms with Crippen LogP contribution in [0.4, 0.5) is 0 Å². The fourth-order valence-electron chi connectivity index (χ4n) is 2.08. The van der Waals surface area contributed by atoms with Gasteiger partial charge in [-0.05, 0) is 38.3 Å². The summed E-state index contributed by atoms with van der Waals surface area (Å²) in [6, 6.07) is 3.43. The van der Waals surface area contributed by atoms with Gasteiger partial charge in [0.05, 0.1) is 7.11 Å². The number of hydrogen-bond acceptors (Lipinski definition) is 3. The van der Waals surface area contributed by atoms with Crippen LogP contribution in [-0.2, 0) is 9.53 Å². The summed E-state index contributed by atoms with van der Waals surface area (Å²) in [5.74, 6) is -0.671. The monoisotopic (exact) mass is 250 g/mol. The highest BCUT2D eigenvalue weighted by Crippen LogP contribution is 2.32. The Labute approximate surface area is 106 Å². The quantitative estimate of drug-likeness (QED) is 0.824. The number of carbonyl (C=O) groups excluding carboxylic acids is 2. The van der Waals surface area contributed by atoms with Crippen LogP contribution in [0, 0.1) is 0 Å². The third kappa shape index (κ3) is 2.39. The van der Waals surface area contributed by atoms with E-state index in [0.717, 1.165) is 12.8 Å². The lowest BCUT2D eigenvalue weighted by Crippen LogP contribution is -2.40. The number of ether oxygens (including phenoxy) is 1. The van der Waals surface area contributed by atoms with Crippen LogP contribution in [0.15, 0.2) is 18.3 Å². The Morgan fingerprint density at radius 2 is 2.22 bits per heavy atom. The minimum Gasteiger partial charge on any atom is -0.467 e.